The number of non-ortho nitro benzene ring substituents is 1. The minimum atomic E-state index is -3.60. The predicted molar refractivity (Wildman–Crippen MR) is 79.3 cm³/mol. The van der Waals surface area contributed by atoms with Gasteiger partial charge in [0.05, 0.1) is 16.3 Å². The molecule has 0 atom stereocenters. The minimum absolute atomic E-state index is 0.0463. The van der Waals surface area contributed by atoms with Gasteiger partial charge in [-0.3, -0.25) is 10.1 Å². The van der Waals surface area contributed by atoms with Crippen molar-refractivity contribution >= 4 is 15.7 Å². The number of nitro groups is 1. The van der Waals surface area contributed by atoms with E-state index in [1.54, 1.807) is 13.8 Å². The van der Waals surface area contributed by atoms with E-state index in [1.807, 2.05) is 0 Å². The predicted octanol–water partition coefficient (Wildman–Crippen LogP) is 1.57. The lowest BCUT2D eigenvalue weighted by Crippen LogP contribution is -2.42. The van der Waals surface area contributed by atoms with E-state index in [9.17, 15) is 23.6 Å². The summed E-state index contributed by atoms with van der Waals surface area (Å²) in [6.07, 6.45) is 0.896. The molecule has 0 fully saturated rings. The zero-order valence-corrected chi connectivity index (χ0v) is 12.9. The summed E-state index contributed by atoms with van der Waals surface area (Å²) in [6, 6.07) is 5.34. The van der Waals surface area contributed by atoms with Crippen molar-refractivity contribution in [3.05, 3.63) is 39.9 Å². The lowest BCUT2D eigenvalue weighted by molar-refractivity contribution is -0.384. The molecule has 0 aromatic heterocycles. The quantitative estimate of drug-likeness (QED) is 0.559. The van der Waals surface area contributed by atoms with Crippen LogP contribution in [0.2, 0.25) is 0 Å². The fourth-order valence-electron chi connectivity index (χ4n) is 1.73. The molecule has 21 heavy (non-hydrogen) atoms. The SMILES string of the molecule is CCC(O)(CC)CNS(=O)(=O)Cc1ccc([N+](=O)[O-])cc1. The summed E-state index contributed by atoms with van der Waals surface area (Å²) in [6.45, 7) is 3.53. The maximum atomic E-state index is 11.9. The van der Waals surface area contributed by atoms with Gasteiger partial charge >= 0.3 is 0 Å². The van der Waals surface area contributed by atoms with Crippen LogP contribution in [0.4, 0.5) is 5.69 Å². The Kier molecular flexibility index (Phi) is 5.82. The van der Waals surface area contributed by atoms with Crippen molar-refractivity contribution in [3.63, 3.8) is 0 Å². The van der Waals surface area contributed by atoms with Gasteiger partial charge in [0.15, 0.2) is 0 Å². The molecule has 0 saturated heterocycles. The average molecular weight is 316 g/mol. The number of nitrogens with zero attached hydrogens (tertiary/aromatic N) is 1. The van der Waals surface area contributed by atoms with E-state index in [4.69, 9.17) is 0 Å². The second-order valence-electron chi connectivity index (χ2n) is 4.94. The molecule has 1 aromatic rings. The standard InChI is InChI=1S/C13H20N2O5S/c1-3-13(16,4-2)10-14-21(19,20)9-11-5-7-12(8-6-11)15(17)18/h5-8,14,16H,3-4,9-10H2,1-2H3. The Balaban J connectivity index is 2.70. The third-order valence-corrected chi connectivity index (χ3v) is 4.74. The van der Waals surface area contributed by atoms with Gasteiger partial charge in [0.25, 0.3) is 5.69 Å². The zero-order chi connectivity index (χ0) is 16.1. The molecule has 1 rings (SSSR count). The zero-order valence-electron chi connectivity index (χ0n) is 12.1. The molecule has 0 aliphatic rings. The summed E-state index contributed by atoms with van der Waals surface area (Å²) in [5.74, 6) is -0.283. The monoisotopic (exact) mass is 316 g/mol. The smallest absolute Gasteiger partial charge is 0.269 e. The van der Waals surface area contributed by atoms with Gasteiger partial charge < -0.3 is 5.11 Å². The van der Waals surface area contributed by atoms with Crippen LogP contribution in [0.3, 0.4) is 0 Å². The summed E-state index contributed by atoms with van der Waals surface area (Å²) in [4.78, 5) is 9.98. The highest BCUT2D eigenvalue weighted by Gasteiger charge is 2.24. The molecule has 8 heteroatoms. The molecule has 2 N–H and O–H groups in total. The fourth-order valence-corrected chi connectivity index (χ4v) is 2.95. The maximum absolute atomic E-state index is 11.9. The van der Waals surface area contributed by atoms with Gasteiger partial charge in [-0.25, -0.2) is 13.1 Å². The Morgan fingerprint density at radius 1 is 1.24 bits per heavy atom. The first-order valence-electron chi connectivity index (χ1n) is 6.64. The second kappa shape index (κ2) is 6.97. The Hall–Kier alpha value is -1.51. The number of aliphatic hydroxyl groups is 1. The first kappa shape index (κ1) is 17.5. The molecule has 0 radical (unpaired) electrons. The molecule has 0 aliphatic heterocycles. The van der Waals surface area contributed by atoms with E-state index in [1.165, 1.54) is 24.3 Å². The van der Waals surface area contributed by atoms with Crippen molar-refractivity contribution < 1.29 is 18.4 Å². The van der Waals surface area contributed by atoms with Gasteiger partial charge in [-0.15, -0.1) is 0 Å². The number of hydrogen-bond donors (Lipinski definition) is 2. The van der Waals surface area contributed by atoms with Gasteiger partial charge in [0, 0.05) is 18.7 Å². The Morgan fingerprint density at radius 2 is 1.76 bits per heavy atom. The summed E-state index contributed by atoms with van der Waals surface area (Å²) < 4.78 is 26.3. The molecular weight excluding hydrogens is 296 g/mol. The molecule has 118 valence electrons. The molecular formula is C13H20N2O5S. The van der Waals surface area contributed by atoms with Crippen LogP contribution in [0.25, 0.3) is 0 Å². The van der Waals surface area contributed by atoms with Gasteiger partial charge in [0.2, 0.25) is 10.0 Å². The largest absolute Gasteiger partial charge is 0.389 e. The van der Waals surface area contributed by atoms with Crippen molar-refractivity contribution in [2.24, 2.45) is 0 Å². The van der Waals surface area contributed by atoms with Gasteiger partial charge in [0.1, 0.15) is 0 Å². The van der Waals surface area contributed by atoms with E-state index in [0.717, 1.165) is 0 Å². The molecule has 0 amide bonds. The summed E-state index contributed by atoms with van der Waals surface area (Å²) in [5.41, 5.74) is -0.692. The highest BCUT2D eigenvalue weighted by molar-refractivity contribution is 7.88. The number of hydrogen-bond acceptors (Lipinski definition) is 5. The molecule has 0 heterocycles. The Bertz CT molecular complexity index is 579. The van der Waals surface area contributed by atoms with Crippen LogP contribution in [0, 0.1) is 10.1 Å². The van der Waals surface area contributed by atoms with Crippen LogP contribution in [-0.2, 0) is 15.8 Å². The molecule has 0 aliphatic carbocycles. The van der Waals surface area contributed by atoms with Crippen molar-refractivity contribution in [2.45, 2.75) is 38.0 Å². The highest BCUT2D eigenvalue weighted by atomic mass is 32.2. The molecule has 0 bridgehead atoms. The third-order valence-electron chi connectivity index (χ3n) is 3.44. The number of nitrogens with one attached hydrogen (secondary N) is 1. The molecule has 0 unspecified atom stereocenters. The first-order chi connectivity index (χ1) is 9.71. The number of rotatable bonds is 8. The maximum Gasteiger partial charge on any atom is 0.269 e. The topological polar surface area (TPSA) is 110 Å². The van der Waals surface area contributed by atoms with Crippen molar-refractivity contribution in [1.82, 2.24) is 4.72 Å². The van der Waals surface area contributed by atoms with E-state index >= 15 is 0 Å². The van der Waals surface area contributed by atoms with E-state index in [2.05, 4.69) is 4.72 Å². The van der Waals surface area contributed by atoms with Gasteiger partial charge in [-0.2, -0.15) is 0 Å². The number of sulfonamides is 1. The summed E-state index contributed by atoms with van der Waals surface area (Å²) >= 11 is 0. The Morgan fingerprint density at radius 3 is 2.19 bits per heavy atom. The van der Waals surface area contributed by atoms with Crippen LogP contribution in [0.15, 0.2) is 24.3 Å². The summed E-state index contributed by atoms with van der Waals surface area (Å²) in [5, 5.41) is 20.6. The summed E-state index contributed by atoms with van der Waals surface area (Å²) in [7, 11) is -3.60. The lowest BCUT2D eigenvalue weighted by Gasteiger charge is -2.25. The normalized spacial score (nSPS) is 12.3. The minimum Gasteiger partial charge on any atom is -0.389 e. The fraction of sp³-hybridized carbons (Fsp3) is 0.538. The second-order valence-corrected chi connectivity index (χ2v) is 6.74. The lowest BCUT2D eigenvalue weighted by atomic mass is 9.98. The first-order valence-corrected chi connectivity index (χ1v) is 8.29. The third kappa shape index (κ3) is 5.41. The number of nitro benzene ring substituents is 1. The van der Waals surface area contributed by atoms with Crippen LogP contribution in [0.5, 0.6) is 0 Å². The van der Waals surface area contributed by atoms with Crippen molar-refractivity contribution in [2.75, 3.05) is 6.54 Å². The highest BCUT2D eigenvalue weighted by Crippen LogP contribution is 2.16. The van der Waals surface area contributed by atoms with Crippen LogP contribution >= 0.6 is 0 Å². The van der Waals surface area contributed by atoms with Crippen molar-refractivity contribution in [3.8, 4) is 0 Å². The van der Waals surface area contributed by atoms with Gasteiger partial charge in [-0.1, -0.05) is 26.0 Å². The Labute approximate surface area is 124 Å². The molecule has 0 saturated carbocycles. The average Bonchev–Trinajstić information content (AvgIpc) is 2.45. The molecule has 0 spiro atoms. The van der Waals surface area contributed by atoms with Crippen LogP contribution in [-0.4, -0.2) is 30.6 Å². The van der Waals surface area contributed by atoms with Crippen LogP contribution in [0.1, 0.15) is 32.3 Å². The van der Waals surface area contributed by atoms with E-state index < -0.39 is 20.5 Å². The molecule has 1 aromatic carbocycles. The van der Waals surface area contributed by atoms with E-state index in [-0.39, 0.29) is 18.0 Å². The van der Waals surface area contributed by atoms with Crippen LogP contribution < -0.4 is 4.72 Å². The van der Waals surface area contributed by atoms with E-state index in [0.29, 0.717) is 18.4 Å². The number of benzene rings is 1. The van der Waals surface area contributed by atoms with Gasteiger partial charge in [-0.05, 0) is 18.4 Å². The molecule has 7 nitrogen and oxygen atoms in total. The van der Waals surface area contributed by atoms with Crippen molar-refractivity contribution in [1.29, 1.82) is 0 Å².